The highest BCUT2D eigenvalue weighted by Gasteiger charge is 2.37. The predicted molar refractivity (Wildman–Crippen MR) is 98.5 cm³/mol. The van der Waals surface area contributed by atoms with E-state index in [0.29, 0.717) is 29.0 Å². The first-order valence-corrected chi connectivity index (χ1v) is 9.38. The number of halogens is 1. The molecule has 1 aliphatic carbocycles. The number of fused-ring (bicyclic) bond motifs is 2. The normalized spacial score (nSPS) is 25.1. The van der Waals surface area contributed by atoms with Gasteiger partial charge in [-0.1, -0.05) is 0 Å². The second-order valence-electron chi connectivity index (χ2n) is 7.97. The number of hydrogen-bond acceptors (Lipinski definition) is 4. The fourth-order valence-electron chi connectivity index (χ4n) is 4.56. The van der Waals surface area contributed by atoms with Crippen molar-refractivity contribution >= 4 is 22.4 Å². The lowest BCUT2D eigenvalue weighted by molar-refractivity contribution is 0.101. The van der Waals surface area contributed by atoms with Gasteiger partial charge in [-0.3, -0.25) is 9.59 Å². The van der Waals surface area contributed by atoms with Gasteiger partial charge < -0.3 is 14.8 Å². The first kappa shape index (κ1) is 16.0. The van der Waals surface area contributed by atoms with Crippen molar-refractivity contribution in [2.45, 2.75) is 25.8 Å². The van der Waals surface area contributed by atoms with Crippen LogP contribution in [0.25, 0.3) is 10.9 Å². The van der Waals surface area contributed by atoms with Gasteiger partial charge in [0.25, 0.3) is 0 Å². The molecule has 3 fully saturated rings. The average Bonchev–Trinajstić information content (AvgIpc) is 3.21. The Morgan fingerprint density at radius 3 is 2.50 bits per heavy atom. The lowest BCUT2D eigenvalue weighted by Gasteiger charge is -2.22. The maximum atomic E-state index is 14.9. The van der Waals surface area contributed by atoms with E-state index in [1.807, 2.05) is 10.6 Å². The van der Waals surface area contributed by atoms with Gasteiger partial charge in [0.2, 0.25) is 0 Å². The zero-order valence-corrected chi connectivity index (χ0v) is 14.8. The molecule has 136 valence electrons. The summed E-state index contributed by atoms with van der Waals surface area (Å²) in [5, 5.41) is 3.71. The minimum Gasteiger partial charge on any atom is -0.368 e. The minimum absolute atomic E-state index is 0.151. The van der Waals surface area contributed by atoms with Crippen LogP contribution in [0.15, 0.2) is 23.1 Å². The van der Waals surface area contributed by atoms with Crippen LogP contribution in [0, 0.1) is 17.7 Å². The summed E-state index contributed by atoms with van der Waals surface area (Å²) in [4.78, 5) is 26.7. The van der Waals surface area contributed by atoms with Gasteiger partial charge in [-0.2, -0.15) is 0 Å². The van der Waals surface area contributed by atoms with Crippen LogP contribution in [0.1, 0.15) is 36.2 Å². The van der Waals surface area contributed by atoms with Crippen LogP contribution >= 0.6 is 0 Å². The standard InChI is InChI=1S/C20H22FN3O2/c1-11(25)16-10-24(14-2-3-14)18-5-19(17(21)4-15(18)20(16)26)23-8-12-6-22-7-13(12)9-23/h4-5,10,12-14,22H,2-3,6-9H2,1H3. The number of pyridine rings is 1. The van der Waals surface area contributed by atoms with Gasteiger partial charge in [0.05, 0.1) is 16.8 Å². The largest absolute Gasteiger partial charge is 0.368 e. The average molecular weight is 355 g/mol. The van der Waals surface area contributed by atoms with E-state index in [-0.39, 0.29) is 22.6 Å². The molecule has 1 saturated carbocycles. The molecule has 2 saturated heterocycles. The number of carbonyl (C=O) groups is 1. The number of nitrogens with one attached hydrogen (secondary N) is 1. The second kappa shape index (κ2) is 5.64. The van der Waals surface area contributed by atoms with Crippen LogP contribution in [0.2, 0.25) is 0 Å². The lowest BCUT2D eigenvalue weighted by atomic mass is 10.0. The number of hydrogen-bond donors (Lipinski definition) is 1. The zero-order chi connectivity index (χ0) is 18.0. The van der Waals surface area contributed by atoms with Crippen LogP contribution in [-0.4, -0.2) is 36.5 Å². The molecule has 0 bridgehead atoms. The number of nitrogens with zero attached hydrogens (tertiary/aromatic N) is 2. The Bertz CT molecular complexity index is 967. The van der Waals surface area contributed by atoms with Crippen LogP contribution < -0.4 is 15.6 Å². The summed E-state index contributed by atoms with van der Waals surface area (Å²) in [5.41, 5.74) is 1.11. The highest BCUT2D eigenvalue weighted by Crippen LogP contribution is 2.39. The van der Waals surface area contributed by atoms with E-state index in [2.05, 4.69) is 10.2 Å². The van der Waals surface area contributed by atoms with Crippen LogP contribution in [0.4, 0.5) is 10.1 Å². The number of ketones is 1. The molecule has 1 aromatic carbocycles. The van der Waals surface area contributed by atoms with Gasteiger partial charge in [0.15, 0.2) is 11.2 Å². The molecule has 1 aromatic heterocycles. The number of anilines is 1. The third-order valence-electron chi connectivity index (χ3n) is 6.15. The van der Waals surface area contributed by atoms with Crippen molar-refractivity contribution in [3.05, 3.63) is 39.9 Å². The van der Waals surface area contributed by atoms with E-state index in [4.69, 9.17) is 0 Å². The first-order chi connectivity index (χ1) is 12.5. The Hall–Kier alpha value is -2.21. The van der Waals surface area contributed by atoms with Crippen molar-refractivity contribution in [3.8, 4) is 0 Å². The van der Waals surface area contributed by atoms with Crippen molar-refractivity contribution < 1.29 is 9.18 Å². The molecule has 0 amide bonds. The summed E-state index contributed by atoms with van der Waals surface area (Å²) in [6.45, 7) is 5.07. The maximum Gasteiger partial charge on any atom is 0.200 e. The highest BCUT2D eigenvalue weighted by molar-refractivity contribution is 5.97. The molecular weight excluding hydrogens is 333 g/mol. The second-order valence-corrected chi connectivity index (χ2v) is 7.97. The Morgan fingerprint density at radius 2 is 1.88 bits per heavy atom. The Kier molecular flexibility index (Phi) is 3.47. The summed E-state index contributed by atoms with van der Waals surface area (Å²) in [5.74, 6) is 0.493. The third-order valence-corrected chi connectivity index (χ3v) is 6.15. The summed E-state index contributed by atoms with van der Waals surface area (Å²) in [7, 11) is 0. The van der Waals surface area contributed by atoms with Crippen molar-refractivity contribution in [1.29, 1.82) is 0 Å². The van der Waals surface area contributed by atoms with E-state index >= 15 is 0 Å². The summed E-state index contributed by atoms with van der Waals surface area (Å²) < 4.78 is 16.9. The number of Topliss-reactive ketones (excluding diaryl/α,β-unsaturated/α-hetero) is 1. The van der Waals surface area contributed by atoms with Gasteiger partial charge in [0.1, 0.15) is 5.82 Å². The van der Waals surface area contributed by atoms with E-state index in [1.54, 1.807) is 6.20 Å². The monoisotopic (exact) mass is 355 g/mol. The molecule has 2 aliphatic heterocycles. The molecule has 1 N–H and O–H groups in total. The van der Waals surface area contributed by atoms with Gasteiger partial charge in [0, 0.05) is 43.8 Å². The highest BCUT2D eigenvalue weighted by atomic mass is 19.1. The molecule has 0 radical (unpaired) electrons. The van der Waals surface area contributed by atoms with Crippen molar-refractivity contribution in [1.82, 2.24) is 9.88 Å². The van der Waals surface area contributed by atoms with Crippen molar-refractivity contribution in [3.63, 3.8) is 0 Å². The van der Waals surface area contributed by atoms with Gasteiger partial charge >= 0.3 is 0 Å². The summed E-state index contributed by atoms with van der Waals surface area (Å²) >= 11 is 0. The SMILES string of the molecule is CC(=O)c1cn(C2CC2)c2cc(N3CC4CNCC4C3)c(F)cc2c1=O. The molecule has 3 aliphatic rings. The summed E-state index contributed by atoms with van der Waals surface area (Å²) in [6.07, 6.45) is 3.73. The first-order valence-electron chi connectivity index (χ1n) is 9.38. The third kappa shape index (κ3) is 2.39. The zero-order valence-electron chi connectivity index (χ0n) is 14.8. The van der Waals surface area contributed by atoms with Gasteiger partial charge in [-0.05, 0) is 43.7 Å². The van der Waals surface area contributed by atoms with Crippen LogP contribution in [-0.2, 0) is 0 Å². The summed E-state index contributed by atoms with van der Waals surface area (Å²) in [6, 6.07) is 3.46. The molecule has 2 unspecified atom stereocenters. The van der Waals surface area contributed by atoms with Gasteiger partial charge in [-0.25, -0.2) is 4.39 Å². The molecule has 3 heterocycles. The molecule has 5 nitrogen and oxygen atoms in total. The minimum atomic E-state index is -0.370. The molecule has 0 spiro atoms. The van der Waals surface area contributed by atoms with Crippen molar-refractivity contribution in [2.24, 2.45) is 11.8 Å². The molecular formula is C20H22FN3O2. The number of rotatable bonds is 3. The maximum absolute atomic E-state index is 14.9. The van der Waals surface area contributed by atoms with Gasteiger partial charge in [-0.15, -0.1) is 0 Å². The van der Waals surface area contributed by atoms with E-state index in [1.165, 1.54) is 13.0 Å². The fraction of sp³-hybridized carbons (Fsp3) is 0.500. The van der Waals surface area contributed by atoms with Crippen LogP contribution in [0.5, 0.6) is 0 Å². The van der Waals surface area contributed by atoms with Crippen molar-refractivity contribution in [2.75, 3.05) is 31.1 Å². The Morgan fingerprint density at radius 1 is 1.19 bits per heavy atom. The van der Waals surface area contributed by atoms with Crippen LogP contribution in [0.3, 0.4) is 0 Å². The van der Waals surface area contributed by atoms with E-state index in [0.717, 1.165) is 44.5 Å². The molecule has 2 aromatic rings. The Labute approximate surface area is 150 Å². The van der Waals surface area contributed by atoms with E-state index in [9.17, 15) is 14.0 Å². The number of benzene rings is 1. The number of aromatic nitrogens is 1. The lowest BCUT2D eigenvalue weighted by Crippen LogP contribution is -2.26. The number of carbonyl (C=O) groups excluding carboxylic acids is 1. The predicted octanol–water partition coefficient (Wildman–Crippen LogP) is 2.33. The Balaban J connectivity index is 1.67. The molecule has 2 atom stereocenters. The molecule has 5 rings (SSSR count). The molecule has 26 heavy (non-hydrogen) atoms. The smallest absolute Gasteiger partial charge is 0.200 e. The topological polar surface area (TPSA) is 54.3 Å². The fourth-order valence-corrected chi connectivity index (χ4v) is 4.56. The molecule has 6 heteroatoms. The van der Waals surface area contributed by atoms with E-state index < -0.39 is 0 Å². The quantitative estimate of drug-likeness (QED) is 0.859.